The van der Waals surface area contributed by atoms with E-state index in [0.717, 1.165) is 0 Å². The van der Waals surface area contributed by atoms with Crippen molar-refractivity contribution >= 4 is 58.5 Å². The van der Waals surface area contributed by atoms with Crippen LogP contribution in [-0.2, 0) is 9.59 Å². The molecule has 7 nitrogen and oxygen atoms in total. The average Bonchev–Trinajstić information content (AvgIpc) is 2.65. The Morgan fingerprint density at radius 3 is 2.26 bits per heavy atom. The van der Waals surface area contributed by atoms with E-state index in [2.05, 4.69) is 15.8 Å². The third kappa shape index (κ3) is 5.50. The molecule has 0 aromatic heterocycles. The summed E-state index contributed by atoms with van der Waals surface area (Å²) in [4.78, 5) is 23.8. The number of carbonyl (C=O) groups is 2. The molecule has 2 N–H and O–H groups in total. The maximum Gasteiger partial charge on any atom is 0.329 e. The zero-order valence-corrected chi connectivity index (χ0v) is 16.4. The standard InChI is InChI=1S/C17H14Cl3N3O4/c1-26-11-3-4-14(27-2)9(5-11)8-21-23-17(25)16(24)22-10-6-12(18)15(20)13(19)7-10/h3-8H,1-2H3,(H,22,24)(H,23,25)/b21-8+. The van der Waals surface area contributed by atoms with Crippen LogP contribution in [0.1, 0.15) is 5.56 Å². The SMILES string of the molecule is COc1ccc(OC)c(/C=N/NC(=O)C(=O)Nc2cc(Cl)c(Cl)c(Cl)c2)c1. The molecule has 0 atom stereocenters. The first-order valence-corrected chi connectivity index (χ1v) is 8.50. The molecule has 2 aromatic rings. The Labute approximate surface area is 170 Å². The van der Waals surface area contributed by atoms with E-state index < -0.39 is 11.8 Å². The number of hydrogen-bond donors (Lipinski definition) is 2. The lowest BCUT2D eigenvalue weighted by Crippen LogP contribution is -2.32. The van der Waals surface area contributed by atoms with Crippen LogP contribution in [0.4, 0.5) is 5.69 Å². The van der Waals surface area contributed by atoms with Crippen molar-refractivity contribution in [2.24, 2.45) is 5.10 Å². The third-order valence-electron chi connectivity index (χ3n) is 3.25. The van der Waals surface area contributed by atoms with Gasteiger partial charge in [-0.2, -0.15) is 5.10 Å². The number of methoxy groups -OCH3 is 2. The van der Waals surface area contributed by atoms with Crippen LogP contribution in [0.3, 0.4) is 0 Å². The van der Waals surface area contributed by atoms with Gasteiger partial charge in [-0.3, -0.25) is 9.59 Å². The van der Waals surface area contributed by atoms with Crippen molar-refractivity contribution in [3.05, 3.63) is 51.0 Å². The highest BCUT2D eigenvalue weighted by molar-refractivity contribution is 6.48. The summed E-state index contributed by atoms with van der Waals surface area (Å²) >= 11 is 17.6. The van der Waals surface area contributed by atoms with Crippen LogP contribution in [0.15, 0.2) is 35.4 Å². The highest BCUT2D eigenvalue weighted by Crippen LogP contribution is 2.33. The molecule has 0 saturated heterocycles. The largest absolute Gasteiger partial charge is 0.497 e. The summed E-state index contributed by atoms with van der Waals surface area (Å²) < 4.78 is 10.3. The number of ether oxygens (including phenoxy) is 2. The molecule has 0 unspecified atom stereocenters. The van der Waals surface area contributed by atoms with Crippen molar-refractivity contribution in [3.63, 3.8) is 0 Å². The summed E-state index contributed by atoms with van der Waals surface area (Å²) in [5.41, 5.74) is 2.88. The number of nitrogens with one attached hydrogen (secondary N) is 2. The zero-order chi connectivity index (χ0) is 20.0. The van der Waals surface area contributed by atoms with Crippen LogP contribution in [0, 0.1) is 0 Å². The number of carbonyl (C=O) groups excluding carboxylic acids is 2. The quantitative estimate of drug-likeness (QED) is 0.327. The molecular weight excluding hydrogens is 417 g/mol. The predicted molar refractivity (Wildman–Crippen MR) is 105 cm³/mol. The molecule has 10 heteroatoms. The molecule has 142 valence electrons. The fourth-order valence-corrected chi connectivity index (χ4v) is 2.56. The summed E-state index contributed by atoms with van der Waals surface area (Å²) in [6.07, 6.45) is 1.32. The molecule has 2 rings (SSSR count). The zero-order valence-electron chi connectivity index (χ0n) is 14.2. The molecule has 0 heterocycles. The fraction of sp³-hybridized carbons (Fsp3) is 0.118. The van der Waals surface area contributed by atoms with Gasteiger partial charge in [0.2, 0.25) is 0 Å². The molecule has 2 aromatic carbocycles. The first-order chi connectivity index (χ1) is 12.8. The van der Waals surface area contributed by atoms with Crippen molar-refractivity contribution in [3.8, 4) is 11.5 Å². The summed E-state index contributed by atoms with van der Waals surface area (Å²) in [7, 11) is 3.01. The minimum Gasteiger partial charge on any atom is -0.497 e. The second-order valence-corrected chi connectivity index (χ2v) is 6.21. The number of nitrogens with zero attached hydrogens (tertiary/aromatic N) is 1. The first kappa shape index (κ1) is 20.8. The topological polar surface area (TPSA) is 89.0 Å². The Morgan fingerprint density at radius 2 is 1.67 bits per heavy atom. The van der Waals surface area contributed by atoms with Gasteiger partial charge in [0.1, 0.15) is 11.5 Å². The normalized spacial score (nSPS) is 10.6. The van der Waals surface area contributed by atoms with E-state index in [1.165, 1.54) is 32.6 Å². The number of rotatable bonds is 5. The van der Waals surface area contributed by atoms with E-state index in [-0.39, 0.29) is 20.8 Å². The minimum absolute atomic E-state index is 0.142. The number of halogens is 3. The lowest BCUT2D eigenvalue weighted by Gasteiger charge is -2.07. The van der Waals surface area contributed by atoms with Crippen molar-refractivity contribution in [2.45, 2.75) is 0 Å². The molecule has 0 radical (unpaired) electrons. The summed E-state index contributed by atoms with van der Waals surface area (Å²) in [5.74, 6) is -0.851. The van der Waals surface area contributed by atoms with Gasteiger partial charge in [0.05, 0.1) is 35.5 Å². The van der Waals surface area contributed by atoms with Crippen LogP contribution >= 0.6 is 34.8 Å². The van der Waals surface area contributed by atoms with Crippen LogP contribution < -0.4 is 20.2 Å². The Bertz CT molecular complexity index is 880. The summed E-state index contributed by atoms with van der Waals surface area (Å²) in [6, 6.07) is 7.79. The Kier molecular flexibility index (Phi) is 7.29. The highest BCUT2D eigenvalue weighted by Gasteiger charge is 2.15. The summed E-state index contributed by atoms with van der Waals surface area (Å²) in [5, 5.41) is 6.52. The third-order valence-corrected chi connectivity index (χ3v) is 4.45. The van der Waals surface area contributed by atoms with Crippen LogP contribution in [-0.4, -0.2) is 32.2 Å². The van der Waals surface area contributed by atoms with Crippen LogP contribution in [0.5, 0.6) is 11.5 Å². The molecule has 0 aliphatic heterocycles. The van der Waals surface area contributed by atoms with Gasteiger partial charge in [-0.1, -0.05) is 34.8 Å². The van der Waals surface area contributed by atoms with Gasteiger partial charge in [0, 0.05) is 11.3 Å². The average molecular weight is 431 g/mol. The van der Waals surface area contributed by atoms with Gasteiger partial charge in [0.15, 0.2) is 0 Å². The number of hydrazone groups is 1. The second-order valence-electron chi connectivity index (χ2n) is 5.02. The first-order valence-electron chi connectivity index (χ1n) is 7.36. The van der Waals surface area contributed by atoms with Crippen LogP contribution in [0.2, 0.25) is 15.1 Å². The Morgan fingerprint density at radius 1 is 1.00 bits per heavy atom. The van der Waals surface area contributed by atoms with E-state index in [9.17, 15) is 9.59 Å². The summed E-state index contributed by atoms with van der Waals surface area (Å²) in [6.45, 7) is 0. The van der Waals surface area contributed by atoms with E-state index in [4.69, 9.17) is 44.3 Å². The number of hydrogen-bond acceptors (Lipinski definition) is 5. The monoisotopic (exact) mass is 429 g/mol. The number of benzene rings is 2. The molecule has 27 heavy (non-hydrogen) atoms. The molecule has 2 amide bonds. The highest BCUT2D eigenvalue weighted by atomic mass is 35.5. The van der Waals surface area contributed by atoms with Gasteiger partial charge in [-0.25, -0.2) is 5.43 Å². The van der Waals surface area contributed by atoms with Gasteiger partial charge in [0.25, 0.3) is 0 Å². The van der Waals surface area contributed by atoms with Crippen LogP contribution in [0.25, 0.3) is 0 Å². The van der Waals surface area contributed by atoms with Crippen molar-refractivity contribution < 1.29 is 19.1 Å². The number of amides is 2. The van der Waals surface area contributed by atoms with Gasteiger partial charge >= 0.3 is 11.8 Å². The van der Waals surface area contributed by atoms with Crippen molar-refractivity contribution in [2.75, 3.05) is 19.5 Å². The Hall–Kier alpha value is -2.48. The van der Waals surface area contributed by atoms with E-state index >= 15 is 0 Å². The van der Waals surface area contributed by atoms with Gasteiger partial charge in [-0.15, -0.1) is 0 Å². The lowest BCUT2D eigenvalue weighted by molar-refractivity contribution is -0.136. The van der Waals surface area contributed by atoms with Gasteiger partial charge in [-0.05, 0) is 30.3 Å². The molecule has 0 spiro atoms. The minimum atomic E-state index is -0.990. The Balaban J connectivity index is 2.03. The fourth-order valence-electron chi connectivity index (χ4n) is 1.97. The lowest BCUT2D eigenvalue weighted by atomic mass is 10.2. The molecule has 0 aliphatic carbocycles. The van der Waals surface area contributed by atoms with E-state index in [1.54, 1.807) is 18.2 Å². The predicted octanol–water partition coefficient (Wildman–Crippen LogP) is 3.75. The van der Waals surface area contributed by atoms with Crippen molar-refractivity contribution in [1.29, 1.82) is 0 Å². The van der Waals surface area contributed by atoms with E-state index in [1.807, 2.05) is 0 Å². The number of anilines is 1. The smallest absolute Gasteiger partial charge is 0.329 e. The second kappa shape index (κ2) is 9.45. The molecular formula is C17H14Cl3N3O4. The maximum atomic E-state index is 11.9. The molecule has 0 fully saturated rings. The van der Waals surface area contributed by atoms with Crippen molar-refractivity contribution in [1.82, 2.24) is 5.43 Å². The maximum absolute atomic E-state index is 11.9. The molecule has 0 aliphatic rings. The molecule has 0 bridgehead atoms. The van der Waals surface area contributed by atoms with E-state index in [0.29, 0.717) is 17.1 Å². The molecule has 0 saturated carbocycles. The van der Waals surface area contributed by atoms with Gasteiger partial charge < -0.3 is 14.8 Å².